The summed E-state index contributed by atoms with van der Waals surface area (Å²) in [4.78, 5) is 26.8. The summed E-state index contributed by atoms with van der Waals surface area (Å²) in [6.45, 7) is 2.32. The third-order valence-electron chi connectivity index (χ3n) is 2.46. The smallest absolute Gasteiger partial charge is 0.337 e. The molecule has 0 bridgehead atoms. The van der Waals surface area contributed by atoms with E-state index in [1.165, 1.54) is 22.9 Å². The number of pyridine rings is 1. The number of carboxylic acid groups (broad SMARTS) is 1. The third kappa shape index (κ3) is 2.65. The van der Waals surface area contributed by atoms with Gasteiger partial charge < -0.3 is 9.67 Å². The van der Waals surface area contributed by atoms with Crippen molar-refractivity contribution >= 4 is 17.3 Å². The standard InChI is InChI=1S/C12H12N2O3S/c1-2-10-13-9(7-18-10)6-14-5-8(12(16)17)3-4-11(14)15/h3-5,7H,2,6H2,1H3,(H,16,17). The Hall–Kier alpha value is -1.95. The van der Waals surface area contributed by atoms with Crippen molar-refractivity contribution < 1.29 is 9.90 Å². The van der Waals surface area contributed by atoms with E-state index in [1.54, 1.807) is 11.3 Å². The molecule has 2 heterocycles. The summed E-state index contributed by atoms with van der Waals surface area (Å²) >= 11 is 1.54. The van der Waals surface area contributed by atoms with Crippen LogP contribution in [0.5, 0.6) is 0 Å². The van der Waals surface area contributed by atoms with E-state index in [9.17, 15) is 9.59 Å². The maximum Gasteiger partial charge on any atom is 0.337 e. The van der Waals surface area contributed by atoms with Gasteiger partial charge in [0.15, 0.2) is 0 Å². The molecule has 2 aromatic rings. The lowest BCUT2D eigenvalue weighted by molar-refractivity contribution is 0.0696. The second-order valence-electron chi connectivity index (χ2n) is 3.78. The molecule has 2 rings (SSSR count). The maximum atomic E-state index is 11.6. The number of carbonyl (C=O) groups is 1. The van der Waals surface area contributed by atoms with Gasteiger partial charge in [0.2, 0.25) is 0 Å². The van der Waals surface area contributed by atoms with Gasteiger partial charge in [-0.15, -0.1) is 11.3 Å². The molecule has 0 atom stereocenters. The van der Waals surface area contributed by atoms with Crippen LogP contribution in [0.1, 0.15) is 28.0 Å². The normalized spacial score (nSPS) is 10.5. The van der Waals surface area contributed by atoms with Gasteiger partial charge in [-0.2, -0.15) is 0 Å². The molecule has 0 amide bonds. The fraction of sp³-hybridized carbons (Fsp3) is 0.250. The Morgan fingerprint density at radius 2 is 2.28 bits per heavy atom. The summed E-state index contributed by atoms with van der Waals surface area (Å²) in [5, 5.41) is 11.8. The molecule has 0 saturated heterocycles. The van der Waals surface area contributed by atoms with Crippen molar-refractivity contribution in [3.8, 4) is 0 Å². The van der Waals surface area contributed by atoms with E-state index in [4.69, 9.17) is 5.11 Å². The Balaban J connectivity index is 2.30. The topological polar surface area (TPSA) is 72.2 Å². The number of aromatic nitrogens is 2. The van der Waals surface area contributed by atoms with Crippen molar-refractivity contribution in [3.63, 3.8) is 0 Å². The second kappa shape index (κ2) is 5.14. The lowest BCUT2D eigenvalue weighted by Crippen LogP contribution is -2.20. The van der Waals surface area contributed by atoms with E-state index in [2.05, 4.69) is 4.98 Å². The molecule has 0 aliphatic rings. The fourth-order valence-corrected chi connectivity index (χ4v) is 2.28. The maximum absolute atomic E-state index is 11.6. The van der Waals surface area contributed by atoms with Gasteiger partial charge in [0.25, 0.3) is 5.56 Å². The zero-order chi connectivity index (χ0) is 13.1. The highest BCUT2D eigenvalue weighted by molar-refractivity contribution is 7.09. The highest BCUT2D eigenvalue weighted by Gasteiger charge is 2.07. The van der Waals surface area contributed by atoms with Crippen LogP contribution in [0, 0.1) is 0 Å². The van der Waals surface area contributed by atoms with Gasteiger partial charge in [0, 0.05) is 17.6 Å². The minimum absolute atomic E-state index is 0.0977. The van der Waals surface area contributed by atoms with Gasteiger partial charge in [-0.1, -0.05) is 6.92 Å². The molecular weight excluding hydrogens is 252 g/mol. The minimum atomic E-state index is -1.05. The van der Waals surface area contributed by atoms with E-state index in [0.29, 0.717) is 6.54 Å². The van der Waals surface area contributed by atoms with Gasteiger partial charge in [-0.25, -0.2) is 9.78 Å². The third-order valence-corrected chi connectivity index (χ3v) is 3.51. The van der Waals surface area contributed by atoms with Crippen LogP contribution in [0.2, 0.25) is 0 Å². The highest BCUT2D eigenvalue weighted by atomic mass is 32.1. The lowest BCUT2D eigenvalue weighted by Gasteiger charge is -2.04. The first-order valence-corrected chi connectivity index (χ1v) is 6.35. The summed E-state index contributed by atoms with van der Waals surface area (Å²) in [5.74, 6) is -1.05. The fourth-order valence-electron chi connectivity index (χ4n) is 1.54. The zero-order valence-electron chi connectivity index (χ0n) is 9.79. The molecule has 6 heteroatoms. The van der Waals surface area contributed by atoms with Crippen LogP contribution in [-0.4, -0.2) is 20.6 Å². The second-order valence-corrected chi connectivity index (χ2v) is 4.72. The minimum Gasteiger partial charge on any atom is -0.478 e. The van der Waals surface area contributed by atoms with Gasteiger partial charge in [0.1, 0.15) is 0 Å². The van der Waals surface area contributed by atoms with E-state index < -0.39 is 5.97 Å². The Labute approximate surface area is 107 Å². The first-order chi connectivity index (χ1) is 8.60. The molecule has 2 aromatic heterocycles. The SMILES string of the molecule is CCc1nc(Cn2cc(C(=O)O)ccc2=O)cs1. The first-order valence-electron chi connectivity index (χ1n) is 5.47. The van der Waals surface area contributed by atoms with Crippen LogP contribution in [0.25, 0.3) is 0 Å². The number of thiazole rings is 1. The molecule has 0 saturated carbocycles. The Kier molecular flexibility index (Phi) is 3.57. The monoisotopic (exact) mass is 264 g/mol. The van der Waals surface area contributed by atoms with Crippen LogP contribution < -0.4 is 5.56 Å². The number of hydrogen-bond acceptors (Lipinski definition) is 4. The Morgan fingerprint density at radius 3 is 2.89 bits per heavy atom. The van der Waals surface area contributed by atoms with Gasteiger partial charge >= 0.3 is 5.97 Å². The van der Waals surface area contributed by atoms with Crippen LogP contribution >= 0.6 is 11.3 Å². The summed E-state index contributed by atoms with van der Waals surface area (Å²) in [6.07, 6.45) is 2.20. The van der Waals surface area contributed by atoms with E-state index in [0.717, 1.165) is 17.1 Å². The molecular formula is C12H12N2O3S. The predicted molar refractivity (Wildman–Crippen MR) is 68.3 cm³/mol. The number of aromatic carboxylic acids is 1. The number of nitrogens with zero attached hydrogens (tertiary/aromatic N) is 2. The van der Waals surface area contributed by atoms with Gasteiger partial charge in [0.05, 0.1) is 22.8 Å². The van der Waals surface area contributed by atoms with Crippen LogP contribution in [0.15, 0.2) is 28.5 Å². The molecule has 0 spiro atoms. The van der Waals surface area contributed by atoms with Crippen molar-refractivity contribution in [1.82, 2.24) is 9.55 Å². The van der Waals surface area contributed by atoms with Crippen molar-refractivity contribution in [2.24, 2.45) is 0 Å². The van der Waals surface area contributed by atoms with E-state index in [-0.39, 0.29) is 11.1 Å². The van der Waals surface area contributed by atoms with Crippen molar-refractivity contribution in [1.29, 1.82) is 0 Å². The summed E-state index contributed by atoms with van der Waals surface area (Å²) < 4.78 is 1.36. The number of hydrogen-bond donors (Lipinski definition) is 1. The molecule has 18 heavy (non-hydrogen) atoms. The van der Waals surface area contributed by atoms with E-state index >= 15 is 0 Å². The zero-order valence-corrected chi connectivity index (χ0v) is 10.6. The van der Waals surface area contributed by atoms with Crippen molar-refractivity contribution in [3.05, 3.63) is 50.3 Å². The average molecular weight is 264 g/mol. The van der Waals surface area contributed by atoms with Crippen molar-refractivity contribution in [2.75, 3.05) is 0 Å². The summed E-state index contributed by atoms with van der Waals surface area (Å²) in [7, 11) is 0. The number of carboxylic acids is 1. The van der Waals surface area contributed by atoms with E-state index in [1.807, 2.05) is 12.3 Å². The van der Waals surface area contributed by atoms with Crippen LogP contribution in [0.4, 0.5) is 0 Å². The molecule has 0 aliphatic heterocycles. The van der Waals surface area contributed by atoms with Crippen LogP contribution in [0.3, 0.4) is 0 Å². The van der Waals surface area contributed by atoms with Crippen LogP contribution in [-0.2, 0) is 13.0 Å². The number of aryl methyl sites for hydroxylation is 1. The van der Waals surface area contributed by atoms with Gasteiger partial charge in [-0.05, 0) is 12.5 Å². The molecule has 0 radical (unpaired) electrons. The molecule has 0 aromatic carbocycles. The molecule has 1 N–H and O–H groups in total. The molecule has 0 fully saturated rings. The lowest BCUT2D eigenvalue weighted by atomic mass is 10.3. The average Bonchev–Trinajstić information content (AvgIpc) is 2.79. The highest BCUT2D eigenvalue weighted by Crippen LogP contribution is 2.11. The molecule has 94 valence electrons. The number of rotatable bonds is 4. The van der Waals surface area contributed by atoms with Crippen molar-refractivity contribution in [2.45, 2.75) is 19.9 Å². The predicted octanol–water partition coefficient (Wildman–Crippen LogP) is 1.61. The summed E-state index contributed by atoms with van der Waals surface area (Å²) in [5.41, 5.74) is 0.646. The molecule has 0 aliphatic carbocycles. The molecule has 5 nitrogen and oxygen atoms in total. The Bertz CT molecular complexity index is 630. The quantitative estimate of drug-likeness (QED) is 0.910. The Morgan fingerprint density at radius 1 is 1.50 bits per heavy atom. The summed E-state index contributed by atoms with van der Waals surface area (Å²) in [6, 6.07) is 2.57. The first kappa shape index (κ1) is 12.5. The molecule has 0 unspecified atom stereocenters. The van der Waals surface area contributed by atoms with Gasteiger partial charge in [-0.3, -0.25) is 4.79 Å². The largest absolute Gasteiger partial charge is 0.478 e.